The van der Waals surface area contributed by atoms with Crippen LogP contribution in [-0.4, -0.2) is 59.7 Å². The van der Waals surface area contributed by atoms with Crippen molar-refractivity contribution < 1.29 is 14.5 Å². The third-order valence-corrected chi connectivity index (χ3v) is 5.02. The number of nitro benzene ring substituents is 1. The Morgan fingerprint density at radius 3 is 2.59 bits per heavy atom. The molecule has 2 N–H and O–H groups in total. The van der Waals surface area contributed by atoms with Crippen LogP contribution in [0.3, 0.4) is 0 Å². The average Bonchev–Trinajstić information content (AvgIpc) is 3.42. The van der Waals surface area contributed by atoms with E-state index in [-0.39, 0.29) is 29.8 Å². The molecule has 1 saturated carbocycles. The van der Waals surface area contributed by atoms with Crippen molar-refractivity contribution in [1.29, 1.82) is 0 Å². The molecule has 8 heteroatoms. The molecule has 1 aromatic carbocycles. The Kier molecular flexibility index (Phi) is 5.96. The van der Waals surface area contributed by atoms with Gasteiger partial charge in [0.1, 0.15) is 5.69 Å². The molecule has 0 aromatic heterocycles. The summed E-state index contributed by atoms with van der Waals surface area (Å²) in [5.74, 6) is -0.294. The highest BCUT2D eigenvalue weighted by atomic mass is 16.6. The molecule has 1 aliphatic heterocycles. The summed E-state index contributed by atoms with van der Waals surface area (Å²) in [6.07, 6.45) is 2.38. The molecular weight excluding hydrogens is 348 g/mol. The highest BCUT2D eigenvalue weighted by Crippen LogP contribution is 2.31. The van der Waals surface area contributed by atoms with Gasteiger partial charge in [0, 0.05) is 43.3 Å². The topological polar surface area (TPSA) is 96.7 Å². The lowest BCUT2D eigenvalue weighted by atomic mass is 10.1. The van der Waals surface area contributed by atoms with Crippen LogP contribution in [0.2, 0.25) is 0 Å². The number of morpholine rings is 1. The van der Waals surface area contributed by atoms with Crippen molar-refractivity contribution >= 4 is 17.3 Å². The molecule has 148 valence electrons. The van der Waals surface area contributed by atoms with Crippen LogP contribution in [0.1, 0.15) is 44.0 Å². The van der Waals surface area contributed by atoms with Crippen molar-refractivity contribution in [1.82, 2.24) is 10.2 Å². The van der Waals surface area contributed by atoms with Crippen LogP contribution in [0.4, 0.5) is 11.4 Å². The predicted molar refractivity (Wildman–Crippen MR) is 103 cm³/mol. The summed E-state index contributed by atoms with van der Waals surface area (Å²) in [4.78, 5) is 25.7. The van der Waals surface area contributed by atoms with E-state index < -0.39 is 4.92 Å². The number of ether oxygens (including phenoxy) is 1. The Balaban J connectivity index is 1.60. The maximum atomic E-state index is 12.5. The van der Waals surface area contributed by atoms with Crippen LogP contribution >= 0.6 is 0 Å². The number of amides is 1. The summed E-state index contributed by atoms with van der Waals surface area (Å²) >= 11 is 0. The monoisotopic (exact) mass is 376 g/mol. The zero-order valence-electron chi connectivity index (χ0n) is 16.1. The number of benzene rings is 1. The molecule has 3 unspecified atom stereocenters. The quantitative estimate of drug-likeness (QED) is 0.560. The second kappa shape index (κ2) is 8.22. The minimum Gasteiger partial charge on any atom is -0.377 e. The first kappa shape index (κ1) is 19.6. The normalized spacial score (nSPS) is 24.3. The van der Waals surface area contributed by atoms with Gasteiger partial charge in [-0.1, -0.05) is 0 Å². The van der Waals surface area contributed by atoms with Crippen LogP contribution in [0.5, 0.6) is 0 Å². The van der Waals surface area contributed by atoms with Gasteiger partial charge in [-0.2, -0.15) is 0 Å². The van der Waals surface area contributed by atoms with Gasteiger partial charge in [0.2, 0.25) is 0 Å². The number of carbonyl (C=O) groups excluding carboxylic acids is 1. The first-order chi connectivity index (χ1) is 12.8. The first-order valence-electron chi connectivity index (χ1n) is 9.56. The minimum absolute atomic E-state index is 0.0570. The minimum atomic E-state index is -0.444. The Bertz CT molecular complexity index is 697. The molecule has 2 fully saturated rings. The predicted octanol–water partition coefficient (Wildman–Crippen LogP) is 2.40. The van der Waals surface area contributed by atoms with Crippen molar-refractivity contribution in [2.75, 3.05) is 25.0 Å². The summed E-state index contributed by atoms with van der Waals surface area (Å²) < 4.78 is 5.74. The SMILES string of the molecule is CC1CN(C(C)CNC(=O)c2ccc(NC3CC3)c([N+](=O)[O-])c2)CC(C)O1. The lowest BCUT2D eigenvalue weighted by Crippen LogP contribution is -2.52. The molecule has 1 aliphatic carbocycles. The van der Waals surface area contributed by atoms with Crippen molar-refractivity contribution in [2.45, 2.75) is 57.9 Å². The summed E-state index contributed by atoms with van der Waals surface area (Å²) in [5.41, 5.74) is 0.723. The molecule has 0 spiro atoms. The number of hydrogen-bond donors (Lipinski definition) is 2. The second-order valence-electron chi connectivity index (χ2n) is 7.68. The van der Waals surface area contributed by atoms with E-state index in [1.54, 1.807) is 12.1 Å². The molecule has 1 amide bonds. The van der Waals surface area contributed by atoms with E-state index in [9.17, 15) is 14.9 Å². The Labute approximate surface area is 159 Å². The molecule has 0 radical (unpaired) electrons. The molecule has 1 saturated heterocycles. The largest absolute Gasteiger partial charge is 0.377 e. The standard InChI is InChI=1S/C19H28N4O4/c1-12(22-10-13(2)27-14(3)11-22)9-20-19(24)15-4-7-17(21-16-5-6-16)18(8-15)23(25)26/h4,7-8,12-14,16,21H,5-6,9-11H2,1-3H3,(H,20,24). The average molecular weight is 376 g/mol. The van der Waals surface area contributed by atoms with Crippen molar-refractivity contribution in [3.63, 3.8) is 0 Å². The van der Waals surface area contributed by atoms with Gasteiger partial charge in [-0.15, -0.1) is 0 Å². The molecule has 0 bridgehead atoms. The van der Waals surface area contributed by atoms with Gasteiger partial charge in [-0.05, 0) is 45.7 Å². The highest BCUT2D eigenvalue weighted by molar-refractivity contribution is 5.95. The number of carbonyl (C=O) groups is 1. The summed E-state index contributed by atoms with van der Waals surface area (Å²) in [5, 5.41) is 17.4. The van der Waals surface area contributed by atoms with E-state index in [0.29, 0.717) is 23.8 Å². The Morgan fingerprint density at radius 1 is 1.33 bits per heavy atom. The number of nitro groups is 1. The molecule has 1 aromatic rings. The fraction of sp³-hybridized carbons (Fsp3) is 0.632. The maximum Gasteiger partial charge on any atom is 0.293 e. The number of hydrogen-bond acceptors (Lipinski definition) is 6. The number of nitrogens with zero attached hydrogens (tertiary/aromatic N) is 2. The van der Waals surface area contributed by atoms with Gasteiger partial charge in [0.05, 0.1) is 17.1 Å². The van der Waals surface area contributed by atoms with Gasteiger partial charge in [-0.25, -0.2) is 0 Å². The van der Waals surface area contributed by atoms with Crippen LogP contribution in [0, 0.1) is 10.1 Å². The molecule has 27 heavy (non-hydrogen) atoms. The Hall–Kier alpha value is -2.19. The van der Waals surface area contributed by atoms with Gasteiger partial charge >= 0.3 is 0 Å². The molecule has 2 aliphatic rings. The second-order valence-corrected chi connectivity index (χ2v) is 7.68. The fourth-order valence-corrected chi connectivity index (χ4v) is 3.44. The van der Waals surface area contributed by atoms with Gasteiger partial charge in [0.25, 0.3) is 11.6 Å². The third kappa shape index (κ3) is 5.17. The third-order valence-electron chi connectivity index (χ3n) is 5.02. The van der Waals surface area contributed by atoms with E-state index in [1.807, 2.05) is 13.8 Å². The van der Waals surface area contributed by atoms with Crippen LogP contribution in [0.25, 0.3) is 0 Å². The molecule has 3 rings (SSSR count). The molecular formula is C19H28N4O4. The Morgan fingerprint density at radius 2 is 2.00 bits per heavy atom. The van der Waals surface area contributed by atoms with Crippen molar-refractivity contribution in [2.24, 2.45) is 0 Å². The lowest BCUT2D eigenvalue weighted by Gasteiger charge is -2.39. The number of rotatable bonds is 7. The van der Waals surface area contributed by atoms with E-state index in [0.717, 1.165) is 25.9 Å². The summed E-state index contributed by atoms with van der Waals surface area (Å²) in [7, 11) is 0. The first-order valence-corrected chi connectivity index (χ1v) is 9.56. The van der Waals surface area contributed by atoms with E-state index in [4.69, 9.17) is 4.74 Å². The molecule has 3 atom stereocenters. The van der Waals surface area contributed by atoms with E-state index >= 15 is 0 Å². The van der Waals surface area contributed by atoms with Gasteiger partial charge in [0.15, 0.2) is 0 Å². The van der Waals surface area contributed by atoms with E-state index in [2.05, 4.69) is 22.5 Å². The number of anilines is 1. The molecule has 8 nitrogen and oxygen atoms in total. The van der Waals surface area contributed by atoms with Crippen molar-refractivity contribution in [3.05, 3.63) is 33.9 Å². The summed E-state index contributed by atoms with van der Waals surface area (Å²) in [6.45, 7) is 8.29. The number of nitrogens with one attached hydrogen (secondary N) is 2. The zero-order valence-corrected chi connectivity index (χ0v) is 16.1. The highest BCUT2D eigenvalue weighted by Gasteiger charge is 2.27. The van der Waals surface area contributed by atoms with Crippen LogP contribution < -0.4 is 10.6 Å². The fourth-order valence-electron chi connectivity index (χ4n) is 3.44. The van der Waals surface area contributed by atoms with Crippen LogP contribution in [0.15, 0.2) is 18.2 Å². The van der Waals surface area contributed by atoms with Gasteiger partial charge in [-0.3, -0.25) is 19.8 Å². The van der Waals surface area contributed by atoms with Crippen molar-refractivity contribution in [3.8, 4) is 0 Å². The summed E-state index contributed by atoms with van der Waals surface area (Å²) in [6, 6.07) is 5.08. The van der Waals surface area contributed by atoms with Gasteiger partial charge < -0.3 is 15.4 Å². The zero-order chi connectivity index (χ0) is 19.6. The lowest BCUT2D eigenvalue weighted by molar-refractivity contribution is -0.384. The maximum absolute atomic E-state index is 12.5. The van der Waals surface area contributed by atoms with Crippen LogP contribution in [-0.2, 0) is 4.74 Å². The molecule has 1 heterocycles. The van der Waals surface area contributed by atoms with E-state index in [1.165, 1.54) is 6.07 Å². The smallest absolute Gasteiger partial charge is 0.293 e.